The average Bonchev–Trinajstić information content (AvgIpc) is 2.88. The molecule has 2 aromatic rings. The number of fused-ring (bicyclic) bond motifs is 1. The molecule has 0 fully saturated rings. The maximum atomic E-state index is 4.20. The van der Waals surface area contributed by atoms with Gasteiger partial charge in [0.05, 0.1) is 6.21 Å². The third-order valence-electron chi connectivity index (χ3n) is 2.66. The van der Waals surface area contributed by atoms with Gasteiger partial charge >= 0.3 is 0 Å². The molecule has 2 aromatic heterocycles. The Morgan fingerprint density at radius 2 is 2.47 bits per heavy atom. The quantitative estimate of drug-likeness (QED) is 0.634. The van der Waals surface area contributed by atoms with E-state index in [1.54, 1.807) is 23.3 Å². The van der Waals surface area contributed by atoms with Crippen LogP contribution < -0.4 is 10.7 Å². The fourth-order valence-corrected chi connectivity index (χ4v) is 1.80. The summed E-state index contributed by atoms with van der Waals surface area (Å²) in [6, 6.07) is 3.80. The monoisotopic (exact) mass is 255 g/mol. The van der Waals surface area contributed by atoms with E-state index in [1.165, 1.54) is 6.33 Å². The highest BCUT2D eigenvalue weighted by Gasteiger charge is 2.18. The average molecular weight is 255 g/mol. The third kappa shape index (κ3) is 2.44. The smallest absolute Gasteiger partial charge is 0.227 e. The molecule has 0 radical (unpaired) electrons. The van der Waals surface area contributed by atoms with Crippen LogP contribution in [-0.2, 0) is 0 Å². The summed E-state index contributed by atoms with van der Waals surface area (Å²) in [7, 11) is 0. The minimum Gasteiger partial charge on any atom is -0.328 e. The first kappa shape index (κ1) is 11.4. The van der Waals surface area contributed by atoms with Crippen molar-refractivity contribution in [1.29, 1.82) is 0 Å². The molecule has 1 atom stereocenters. The summed E-state index contributed by atoms with van der Waals surface area (Å²) < 4.78 is 1.73. The predicted molar refractivity (Wildman–Crippen MR) is 71.4 cm³/mol. The van der Waals surface area contributed by atoms with Gasteiger partial charge in [-0.15, -0.1) is 0 Å². The van der Waals surface area contributed by atoms with E-state index in [0.29, 0.717) is 5.95 Å². The Labute approximate surface area is 110 Å². The lowest BCUT2D eigenvalue weighted by Crippen LogP contribution is -2.27. The van der Waals surface area contributed by atoms with Gasteiger partial charge in [0.2, 0.25) is 5.95 Å². The van der Waals surface area contributed by atoms with Crippen molar-refractivity contribution in [2.75, 3.05) is 5.32 Å². The van der Waals surface area contributed by atoms with E-state index in [2.05, 4.69) is 30.9 Å². The number of allylic oxidation sites excluding steroid dienone is 1. The second-order valence-electron chi connectivity index (χ2n) is 4.12. The SMILES string of the molecule is CC1=CC(NN=Cc2cccnc2)n2ncnc2N1. The molecule has 2 N–H and O–H groups in total. The molecule has 1 aliphatic rings. The van der Waals surface area contributed by atoms with Crippen molar-refractivity contribution in [1.82, 2.24) is 25.2 Å². The molecule has 0 bridgehead atoms. The molecule has 0 saturated heterocycles. The first-order valence-corrected chi connectivity index (χ1v) is 5.86. The van der Waals surface area contributed by atoms with Gasteiger partial charge in [0.25, 0.3) is 0 Å². The minimum absolute atomic E-state index is 0.147. The number of hydrazone groups is 1. The molecule has 1 unspecified atom stereocenters. The molecule has 7 nitrogen and oxygen atoms in total. The van der Waals surface area contributed by atoms with Crippen LogP contribution in [0.3, 0.4) is 0 Å². The zero-order valence-electron chi connectivity index (χ0n) is 10.4. The van der Waals surface area contributed by atoms with Crippen LogP contribution in [0, 0.1) is 0 Å². The van der Waals surface area contributed by atoms with Crippen molar-refractivity contribution in [2.24, 2.45) is 5.10 Å². The van der Waals surface area contributed by atoms with Crippen LogP contribution in [0.15, 0.2) is 47.7 Å². The first-order chi connectivity index (χ1) is 9.33. The molecular formula is C12H13N7. The van der Waals surface area contributed by atoms with E-state index in [0.717, 1.165) is 11.3 Å². The Morgan fingerprint density at radius 1 is 1.53 bits per heavy atom. The van der Waals surface area contributed by atoms with Gasteiger partial charge in [-0.1, -0.05) is 6.07 Å². The molecule has 1 aliphatic heterocycles. The summed E-state index contributed by atoms with van der Waals surface area (Å²) in [6.45, 7) is 1.97. The highest BCUT2D eigenvalue weighted by molar-refractivity contribution is 5.78. The summed E-state index contributed by atoms with van der Waals surface area (Å²) in [5, 5.41) is 11.5. The van der Waals surface area contributed by atoms with Crippen LogP contribution in [0.4, 0.5) is 5.95 Å². The summed E-state index contributed by atoms with van der Waals surface area (Å²) in [5.74, 6) is 0.703. The van der Waals surface area contributed by atoms with Crippen LogP contribution in [0.5, 0.6) is 0 Å². The summed E-state index contributed by atoms with van der Waals surface area (Å²) >= 11 is 0. The first-order valence-electron chi connectivity index (χ1n) is 5.86. The highest BCUT2D eigenvalue weighted by Crippen LogP contribution is 2.19. The van der Waals surface area contributed by atoms with Crippen LogP contribution in [0.1, 0.15) is 18.7 Å². The molecular weight excluding hydrogens is 242 g/mol. The Kier molecular flexibility index (Phi) is 2.93. The van der Waals surface area contributed by atoms with E-state index in [4.69, 9.17) is 0 Å². The van der Waals surface area contributed by atoms with Gasteiger partial charge in [0, 0.05) is 23.7 Å². The predicted octanol–water partition coefficient (Wildman–Crippen LogP) is 1.12. The van der Waals surface area contributed by atoms with Gasteiger partial charge in [-0.05, 0) is 19.1 Å². The number of rotatable bonds is 3. The number of hydrogen-bond donors (Lipinski definition) is 2. The Morgan fingerprint density at radius 3 is 3.32 bits per heavy atom. The summed E-state index contributed by atoms with van der Waals surface area (Å²) in [4.78, 5) is 8.14. The minimum atomic E-state index is -0.147. The van der Waals surface area contributed by atoms with E-state index in [-0.39, 0.29) is 6.17 Å². The van der Waals surface area contributed by atoms with E-state index in [9.17, 15) is 0 Å². The van der Waals surface area contributed by atoms with Gasteiger partial charge in [0.15, 0.2) is 6.17 Å². The number of aromatic nitrogens is 4. The third-order valence-corrected chi connectivity index (χ3v) is 2.66. The number of nitrogens with one attached hydrogen (secondary N) is 2. The zero-order chi connectivity index (χ0) is 13.1. The van der Waals surface area contributed by atoms with Crippen molar-refractivity contribution < 1.29 is 0 Å². The maximum Gasteiger partial charge on any atom is 0.227 e. The summed E-state index contributed by atoms with van der Waals surface area (Å²) in [6.07, 6.45) is 8.54. The number of nitrogens with zero attached hydrogens (tertiary/aromatic N) is 5. The summed E-state index contributed by atoms with van der Waals surface area (Å²) in [5.41, 5.74) is 4.97. The van der Waals surface area contributed by atoms with Crippen molar-refractivity contribution in [2.45, 2.75) is 13.1 Å². The van der Waals surface area contributed by atoms with Crippen molar-refractivity contribution in [3.8, 4) is 0 Å². The van der Waals surface area contributed by atoms with Crippen LogP contribution in [0.25, 0.3) is 0 Å². The van der Waals surface area contributed by atoms with Crippen molar-refractivity contribution >= 4 is 12.2 Å². The number of anilines is 1. The fourth-order valence-electron chi connectivity index (χ4n) is 1.80. The van der Waals surface area contributed by atoms with E-state index < -0.39 is 0 Å². The van der Waals surface area contributed by atoms with E-state index in [1.807, 2.05) is 25.1 Å². The standard InChI is InChI=1S/C12H13N7/c1-9-5-11(19-12(17-9)14-8-16-19)18-15-7-10-3-2-4-13-6-10/h2-8,11,18H,1H3,(H,14,16,17). The Balaban J connectivity index is 1.73. The lowest BCUT2D eigenvalue weighted by atomic mass is 10.3. The van der Waals surface area contributed by atoms with E-state index >= 15 is 0 Å². The molecule has 0 amide bonds. The van der Waals surface area contributed by atoms with Gasteiger partial charge in [-0.25, -0.2) is 4.68 Å². The highest BCUT2D eigenvalue weighted by atomic mass is 15.5. The zero-order valence-corrected chi connectivity index (χ0v) is 10.4. The van der Waals surface area contributed by atoms with Crippen molar-refractivity contribution in [3.63, 3.8) is 0 Å². The lowest BCUT2D eigenvalue weighted by molar-refractivity contribution is 0.451. The Bertz CT molecular complexity index is 614. The molecule has 96 valence electrons. The number of pyridine rings is 1. The van der Waals surface area contributed by atoms with Crippen LogP contribution >= 0.6 is 0 Å². The van der Waals surface area contributed by atoms with Gasteiger partial charge in [0.1, 0.15) is 6.33 Å². The second kappa shape index (κ2) is 4.89. The topological polar surface area (TPSA) is 80.0 Å². The molecule has 0 aliphatic carbocycles. The number of hydrogen-bond acceptors (Lipinski definition) is 6. The largest absolute Gasteiger partial charge is 0.328 e. The van der Waals surface area contributed by atoms with Gasteiger partial charge in [-0.2, -0.15) is 15.2 Å². The van der Waals surface area contributed by atoms with Gasteiger partial charge in [-0.3, -0.25) is 10.4 Å². The second-order valence-corrected chi connectivity index (χ2v) is 4.12. The molecule has 3 heterocycles. The van der Waals surface area contributed by atoms with Crippen LogP contribution in [-0.4, -0.2) is 26.0 Å². The lowest BCUT2D eigenvalue weighted by Gasteiger charge is -2.21. The maximum absolute atomic E-state index is 4.20. The molecule has 0 spiro atoms. The molecule has 7 heteroatoms. The normalized spacial score (nSPS) is 17.7. The molecule has 3 rings (SSSR count). The fraction of sp³-hybridized carbons (Fsp3) is 0.167. The molecule has 0 aromatic carbocycles. The Hall–Kier alpha value is -2.70. The molecule has 19 heavy (non-hydrogen) atoms. The van der Waals surface area contributed by atoms with Crippen molar-refractivity contribution in [3.05, 3.63) is 48.2 Å². The van der Waals surface area contributed by atoms with Gasteiger partial charge < -0.3 is 5.32 Å². The van der Waals surface area contributed by atoms with Crippen LogP contribution in [0.2, 0.25) is 0 Å². The molecule has 0 saturated carbocycles.